The van der Waals surface area contributed by atoms with Crippen molar-refractivity contribution < 1.29 is 14.3 Å². The molecule has 0 heterocycles. The van der Waals surface area contributed by atoms with Crippen molar-refractivity contribution in [2.45, 2.75) is 13.0 Å². The van der Waals surface area contributed by atoms with Crippen LogP contribution in [-0.4, -0.2) is 10.9 Å². The molecule has 0 saturated carbocycles. The second kappa shape index (κ2) is 6.78. The number of carbonyl (C=O) groups excluding carboxylic acids is 1. The van der Waals surface area contributed by atoms with Crippen LogP contribution < -0.4 is 0 Å². The minimum atomic E-state index is -1.19. The van der Waals surface area contributed by atoms with Crippen molar-refractivity contribution in [2.24, 2.45) is 0 Å². The highest BCUT2D eigenvalue weighted by Crippen LogP contribution is 2.30. The standard InChI is InChI=1S/C17H14BrFO2/c1-11(20)14(9-12-5-3-2-4-6-12)17(21)15-10-13(19)7-8-16(15)18/h2-10,17,21H,1H3/b14-9+/t17-/m1/s1. The average molecular weight is 349 g/mol. The van der Waals surface area contributed by atoms with Gasteiger partial charge >= 0.3 is 0 Å². The van der Waals surface area contributed by atoms with Crippen LogP contribution >= 0.6 is 15.9 Å². The van der Waals surface area contributed by atoms with Gasteiger partial charge in [-0.25, -0.2) is 4.39 Å². The number of hydrogen-bond acceptors (Lipinski definition) is 2. The molecule has 0 amide bonds. The fraction of sp³-hybridized carbons (Fsp3) is 0.118. The summed E-state index contributed by atoms with van der Waals surface area (Å²) in [6.45, 7) is 1.38. The monoisotopic (exact) mass is 348 g/mol. The predicted molar refractivity (Wildman–Crippen MR) is 84.2 cm³/mol. The van der Waals surface area contributed by atoms with Crippen LogP contribution in [0.5, 0.6) is 0 Å². The molecular weight excluding hydrogens is 335 g/mol. The Morgan fingerprint density at radius 3 is 2.52 bits per heavy atom. The van der Waals surface area contributed by atoms with E-state index in [1.165, 1.54) is 25.1 Å². The maximum Gasteiger partial charge on any atom is 0.158 e. The van der Waals surface area contributed by atoms with Crippen LogP contribution in [0.1, 0.15) is 24.2 Å². The van der Waals surface area contributed by atoms with Gasteiger partial charge in [0.05, 0.1) is 0 Å². The topological polar surface area (TPSA) is 37.3 Å². The molecule has 1 atom stereocenters. The molecule has 0 aliphatic heterocycles. The number of aliphatic hydroxyl groups excluding tert-OH is 1. The molecule has 0 unspecified atom stereocenters. The zero-order valence-corrected chi connectivity index (χ0v) is 13.0. The normalized spacial score (nSPS) is 13.0. The van der Waals surface area contributed by atoms with Crippen LogP contribution in [0.15, 0.2) is 58.6 Å². The van der Waals surface area contributed by atoms with Gasteiger partial charge in [0, 0.05) is 15.6 Å². The molecule has 0 aromatic heterocycles. The predicted octanol–water partition coefficient (Wildman–Crippen LogP) is 4.29. The smallest absolute Gasteiger partial charge is 0.158 e. The zero-order valence-electron chi connectivity index (χ0n) is 11.4. The van der Waals surface area contributed by atoms with Crippen LogP contribution in [0.25, 0.3) is 6.08 Å². The molecular formula is C17H14BrFO2. The highest BCUT2D eigenvalue weighted by molar-refractivity contribution is 9.10. The Hall–Kier alpha value is -1.78. The maximum absolute atomic E-state index is 13.4. The van der Waals surface area contributed by atoms with Crippen LogP contribution in [-0.2, 0) is 4.79 Å². The Balaban J connectivity index is 2.46. The number of rotatable bonds is 4. The van der Waals surface area contributed by atoms with Gasteiger partial charge in [0.2, 0.25) is 0 Å². The van der Waals surface area contributed by atoms with Gasteiger partial charge in [-0.2, -0.15) is 0 Å². The third-order valence-corrected chi connectivity index (χ3v) is 3.80. The molecule has 2 rings (SSSR count). The van der Waals surface area contributed by atoms with Gasteiger partial charge in [-0.05, 0) is 36.8 Å². The number of carbonyl (C=O) groups is 1. The Kier molecular flexibility index (Phi) is 5.04. The Morgan fingerprint density at radius 2 is 1.90 bits per heavy atom. The third-order valence-electron chi connectivity index (χ3n) is 3.08. The number of halogens is 2. The number of ketones is 1. The van der Waals surface area contributed by atoms with Gasteiger partial charge < -0.3 is 5.11 Å². The number of aliphatic hydroxyl groups is 1. The first-order valence-electron chi connectivity index (χ1n) is 6.39. The van der Waals surface area contributed by atoms with E-state index in [4.69, 9.17) is 0 Å². The molecule has 4 heteroatoms. The summed E-state index contributed by atoms with van der Waals surface area (Å²) < 4.78 is 13.9. The van der Waals surface area contributed by atoms with Crippen LogP contribution in [0.4, 0.5) is 4.39 Å². The lowest BCUT2D eigenvalue weighted by atomic mass is 9.96. The summed E-state index contributed by atoms with van der Waals surface area (Å²) in [5.74, 6) is -0.725. The zero-order chi connectivity index (χ0) is 15.4. The van der Waals surface area contributed by atoms with E-state index in [-0.39, 0.29) is 11.4 Å². The van der Waals surface area contributed by atoms with Gasteiger partial charge in [-0.15, -0.1) is 0 Å². The molecule has 2 nitrogen and oxygen atoms in total. The van der Waals surface area contributed by atoms with Gasteiger partial charge in [0.15, 0.2) is 5.78 Å². The highest BCUT2D eigenvalue weighted by atomic mass is 79.9. The van der Waals surface area contributed by atoms with Crippen LogP contribution in [0.3, 0.4) is 0 Å². The summed E-state index contributed by atoms with van der Waals surface area (Å²) >= 11 is 3.27. The van der Waals surface area contributed by atoms with Crippen LogP contribution in [0.2, 0.25) is 0 Å². The van der Waals surface area contributed by atoms with E-state index in [9.17, 15) is 14.3 Å². The molecule has 0 radical (unpaired) electrons. The van der Waals surface area contributed by atoms with Crippen molar-refractivity contribution in [2.75, 3.05) is 0 Å². The molecule has 2 aromatic carbocycles. The van der Waals surface area contributed by atoms with E-state index < -0.39 is 11.9 Å². The van der Waals surface area contributed by atoms with Crippen molar-refractivity contribution in [3.8, 4) is 0 Å². The second-order valence-corrected chi connectivity index (χ2v) is 5.49. The van der Waals surface area contributed by atoms with Gasteiger partial charge in [0.25, 0.3) is 0 Å². The summed E-state index contributed by atoms with van der Waals surface area (Å²) in [6, 6.07) is 13.2. The van der Waals surface area contributed by atoms with E-state index in [0.29, 0.717) is 10.0 Å². The first-order valence-corrected chi connectivity index (χ1v) is 7.19. The lowest BCUT2D eigenvalue weighted by Gasteiger charge is -2.15. The largest absolute Gasteiger partial charge is 0.383 e. The van der Waals surface area contributed by atoms with E-state index in [2.05, 4.69) is 15.9 Å². The van der Waals surface area contributed by atoms with Gasteiger partial charge in [-0.1, -0.05) is 46.3 Å². The molecule has 21 heavy (non-hydrogen) atoms. The van der Waals surface area contributed by atoms with Crippen molar-refractivity contribution >= 4 is 27.8 Å². The number of Topliss-reactive ketones (excluding diaryl/α,β-unsaturated/α-hetero) is 1. The van der Waals surface area contributed by atoms with Gasteiger partial charge in [-0.3, -0.25) is 4.79 Å². The van der Waals surface area contributed by atoms with Crippen LogP contribution in [0, 0.1) is 5.82 Å². The van der Waals surface area contributed by atoms with Crippen molar-refractivity contribution in [3.05, 3.63) is 75.5 Å². The Labute approximate surface area is 131 Å². The summed E-state index contributed by atoms with van der Waals surface area (Å²) in [6.07, 6.45) is 0.428. The highest BCUT2D eigenvalue weighted by Gasteiger charge is 2.20. The van der Waals surface area contributed by atoms with Crippen molar-refractivity contribution in [3.63, 3.8) is 0 Å². The number of benzene rings is 2. The van der Waals surface area contributed by atoms with E-state index >= 15 is 0 Å². The minimum absolute atomic E-state index is 0.215. The molecule has 0 fully saturated rings. The SMILES string of the molecule is CC(=O)/C(=C\c1ccccc1)[C@@H](O)c1cc(F)ccc1Br. The Morgan fingerprint density at radius 1 is 1.24 bits per heavy atom. The molecule has 0 aliphatic rings. The third kappa shape index (κ3) is 3.86. The van der Waals surface area contributed by atoms with Gasteiger partial charge in [0.1, 0.15) is 11.9 Å². The molecule has 0 bridgehead atoms. The van der Waals surface area contributed by atoms with E-state index in [1.807, 2.05) is 30.3 Å². The molecule has 108 valence electrons. The Bertz CT molecular complexity index is 680. The van der Waals surface area contributed by atoms with E-state index in [0.717, 1.165) is 5.56 Å². The first-order chi connectivity index (χ1) is 9.99. The molecule has 1 N–H and O–H groups in total. The summed E-state index contributed by atoms with van der Waals surface area (Å²) in [4.78, 5) is 11.8. The fourth-order valence-electron chi connectivity index (χ4n) is 1.99. The summed E-state index contributed by atoms with van der Waals surface area (Å²) in [5, 5.41) is 10.4. The summed E-state index contributed by atoms with van der Waals surface area (Å²) in [5.41, 5.74) is 1.34. The van der Waals surface area contributed by atoms with Crippen molar-refractivity contribution in [1.29, 1.82) is 0 Å². The second-order valence-electron chi connectivity index (χ2n) is 4.63. The first kappa shape index (κ1) is 15.6. The molecule has 0 spiro atoms. The molecule has 0 saturated heterocycles. The number of hydrogen-bond donors (Lipinski definition) is 1. The fourth-order valence-corrected chi connectivity index (χ4v) is 2.46. The van der Waals surface area contributed by atoms with E-state index in [1.54, 1.807) is 6.08 Å². The minimum Gasteiger partial charge on any atom is -0.383 e. The quantitative estimate of drug-likeness (QED) is 0.836. The lowest BCUT2D eigenvalue weighted by Crippen LogP contribution is -2.09. The summed E-state index contributed by atoms with van der Waals surface area (Å²) in [7, 11) is 0. The maximum atomic E-state index is 13.4. The lowest BCUT2D eigenvalue weighted by molar-refractivity contribution is -0.114. The van der Waals surface area contributed by atoms with Crippen molar-refractivity contribution in [1.82, 2.24) is 0 Å². The average Bonchev–Trinajstić information content (AvgIpc) is 2.47. The molecule has 2 aromatic rings. The molecule has 0 aliphatic carbocycles.